The number of halogens is 2. The largest absolute Gasteiger partial charge is 0.284 e. The minimum atomic E-state index is -3.19. The van der Waals surface area contributed by atoms with Crippen molar-refractivity contribution in [2.75, 3.05) is 10.5 Å². The normalized spacial score (nSPS) is 11.4. The molecule has 15 heavy (non-hydrogen) atoms. The maximum Gasteiger partial charge on any atom is 0.232 e. The predicted molar refractivity (Wildman–Crippen MR) is 74.6 cm³/mol. The molecule has 0 saturated carbocycles. The lowest BCUT2D eigenvalue weighted by Gasteiger charge is -2.07. The second kappa shape index (κ2) is 5.49. The van der Waals surface area contributed by atoms with Crippen molar-refractivity contribution in [3.05, 3.63) is 26.2 Å². The van der Waals surface area contributed by atoms with E-state index in [1.54, 1.807) is 12.1 Å². The molecule has 1 aromatic carbocycles. The minimum Gasteiger partial charge on any atom is -0.284 e. The highest BCUT2D eigenvalue weighted by molar-refractivity contribution is 14.1. The van der Waals surface area contributed by atoms with Gasteiger partial charge in [0, 0.05) is 13.7 Å². The molecule has 0 fully saturated rings. The van der Waals surface area contributed by atoms with Gasteiger partial charge in [-0.1, -0.05) is 6.92 Å². The fourth-order valence-corrected chi connectivity index (χ4v) is 2.90. The molecule has 0 aliphatic rings. The zero-order chi connectivity index (χ0) is 11.5. The van der Waals surface area contributed by atoms with Crippen LogP contribution in [0.15, 0.2) is 22.7 Å². The first kappa shape index (κ1) is 13.2. The highest BCUT2D eigenvalue weighted by Gasteiger charge is 2.09. The van der Waals surface area contributed by atoms with E-state index < -0.39 is 10.0 Å². The van der Waals surface area contributed by atoms with E-state index in [0.29, 0.717) is 12.1 Å². The van der Waals surface area contributed by atoms with Gasteiger partial charge in [0.15, 0.2) is 0 Å². The van der Waals surface area contributed by atoms with Gasteiger partial charge in [0.2, 0.25) is 10.0 Å². The van der Waals surface area contributed by atoms with Crippen molar-refractivity contribution in [1.82, 2.24) is 0 Å². The molecule has 0 aromatic heterocycles. The second-order valence-electron chi connectivity index (χ2n) is 3.05. The highest BCUT2D eigenvalue weighted by Crippen LogP contribution is 2.23. The van der Waals surface area contributed by atoms with Crippen LogP contribution < -0.4 is 4.72 Å². The van der Waals surface area contributed by atoms with Crippen LogP contribution >= 0.6 is 38.5 Å². The molecular formula is C9H11BrINO2S. The Kier molecular flexibility index (Phi) is 4.85. The van der Waals surface area contributed by atoms with Crippen LogP contribution in [0.3, 0.4) is 0 Å². The molecule has 0 heterocycles. The summed E-state index contributed by atoms with van der Waals surface area (Å²) in [5.41, 5.74) is 0.593. The Bertz CT molecular complexity index is 447. The van der Waals surface area contributed by atoms with E-state index in [1.165, 1.54) is 0 Å². The number of nitrogens with one attached hydrogen (secondary N) is 1. The third-order valence-electron chi connectivity index (χ3n) is 1.67. The summed E-state index contributed by atoms with van der Waals surface area (Å²) in [5, 5.41) is 0. The van der Waals surface area contributed by atoms with Crippen LogP contribution in [0.4, 0.5) is 5.69 Å². The van der Waals surface area contributed by atoms with Crippen LogP contribution in [-0.4, -0.2) is 14.2 Å². The summed E-state index contributed by atoms with van der Waals surface area (Å²) < 4.78 is 27.4. The van der Waals surface area contributed by atoms with Crippen molar-refractivity contribution in [3.63, 3.8) is 0 Å². The molecule has 0 saturated heterocycles. The Labute approximate surface area is 112 Å². The molecule has 1 N–H and O–H groups in total. The first-order valence-corrected chi connectivity index (χ1v) is 7.92. The molecular weight excluding hydrogens is 393 g/mol. The number of benzene rings is 1. The average Bonchev–Trinajstić information content (AvgIpc) is 2.10. The van der Waals surface area contributed by atoms with Gasteiger partial charge in [0.05, 0.1) is 5.75 Å². The standard InChI is InChI=1S/C9H11BrINO2S/c1-2-5-15(13,14)12-7-3-4-9(11)8(10)6-7/h3-4,6,12H,2,5H2,1H3. The molecule has 0 amide bonds. The van der Waals surface area contributed by atoms with Crippen molar-refractivity contribution in [3.8, 4) is 0 Å². The van der Waals surface area contributed by atoms with E-state index in [2.05, 4.69) is 43.2 Å². The maximum atomic E-state index is 11.5. The van der Waals surface area contributed by atoms with Crippen LogP contribution in [0.5, 0.6) is 0 Å². The summed E-state index contributed by atoms with van der Waals surface area (Å²) in [7, 11) is -3.19. The maximum absolute atomic E-state index is 11.5. The van der Waals surface area contributed by atoms with E-state index in [1.807, 2.05) is 13.0 Å². The zero-order valence-corrected chi connectivity index (χ0v) is 12.7. The zero-order valence-electron chi connectivity index (χ0n) is 8.13. The fourth-order valence-electron chi connectivity index (χ4n) is 1.06. The fraction of sp³-hybridized carbons (Fsp3) is 0.333. The molecule has 0 atom stereocenters. The number of hydrogen-bond acceptors (Lipinski definition) is 2. The van der Waals surface area contributed by atoms with Crippen molar-refractivity contribution < 1.29 is 8.42 Å². The summed E-state index contributed by atoms with van der Waals surface area (Å²) in [6, 6.07) is 5.36. The van der Waals surface area contributed by atoms with Gasteiger partial charge in [-0.25, -0.2) is 8.42 Å². The van der Waals surface area contributed by atoms with Crippen LogP contribution in [-0.2, 0) is 10.0 Å². The lowest BCUT2D eigenvalue weighted by atomic mass is 10.3. The molecule has 0 aliphatic heterocycles. The van der Waals surface area contributed by atoms with E-state index in [-0.39, 0.29) is 5.75 Å². The molecule has 1 aromatic rings. The molecule has 0 unspecified atom stereocenters. The summed E-state index contributed by atoms with van der Waals surface area (Å²) in [5.74, 6) is 0.149. The highest BCUT2D eigenvalue weighted by atomic mass is 127. The molecule has 0 radical (unpaired) electrons. The van der Waals surface area contributed by atoms with E-state index >= 15 is 0 Å². The van der Waals surface area contributed by atoms with Gasteiger partial charge < -0.3 is 0 Å². The van der Waals surface area contributed by atoms with Crippen LogP contribution in [0.2, 0.25) is 0 Å². The number of hydrogen-bond donors (Lipinski definition) is 1. The Hall–Kier alpha value is 0.180. The molecule has 0 bridgehead atoms. The predicted octanol–water partition coefficient (Wildman–Crippen LogP) is 3.21. The second-order valence-corrected chi connectivity index (χ2v) is 6.91. The Balaban J connectivity index is 2.86. The topological polar surface area (TPSA) is 46.2 Å². The van der Waals surface area contributed by atoms with Gasteiger partial charge in [-0.2, -0.15) is 0 Å². The Morgan fingerprint density at radius 1 is 1.47 bits per heavy atom. The lowest BCUT2D eigenvalue weighted by molar-refractivity contribution is 0.600. The summed E-state index contributed by atoms with van der Waals surface area (Å²) >= 11 is 5.52. The SMILES string of the molecule is CCCS(=O)(=O)Nc1ccc(I)c(Br)c1. The van der Waals surface area contributed by atoms with Crippen LogP contribution in [0.25, 0.3) is 0 Å². The van der Waals surface area contributed by atoms with E-state index in [9.17, 15) is 8.42 Å². The van der Waals surface area contributed by atoms with Gasteiger partial charge in [-0.3, -0.25) is 4.72 Å². The number of anilines is 1. The van der Waals surface area contributed by atoms with Crippen molar-refractivity contribution in [2.24, 2.45) is 0 Å². The minimum absolute atomic E-state index is 0.149. The monoisotopic (exact) mass is 403 g/mol. The molecule has 3 nitrogen and oxygen atoms in total. The van der Waals surface area contributed by atoms with Crippen LogP contribution in [0, 0.1) is 3.57 Å². The van der Waals surface area contributed by atoms with Gasteiger partial charge in [0.1, 0.15) is 0 Å². The number of rotatable bonds is 4. The third-order valence-corrected chi connectivity index (χ3v) is 5.50. The van der Waals surface area contributed by atoms with Gasteiger partial charge in [0.25, 0.3) is 0 Å². The van der Waals surface area contributed by atoms with Crippen LogP contribution in [0.1, 0.15) is 13.3 Å². The first-order valence-electron chi connectivity index (χ1n) is 4.40. The van der Waals surface area contributed by atoms with Crippen molar-refractivity contribution >= 4 is 54.2 Å². The summed E-state index contributed by atoms with van der Waals surface area (Å²) in [6.45, 7) is 1.84. The van der Waals surface area contributed by atoms with Crippen molar-refractivity contribution in [1.29, 1.82) is 0 Å². The molecule has 0 spiro atoms. The molecule has 6 heteroatoms. The van der Waals surface area contributed by atoms with Crippen molar-refractivity contribution in [2.45, 2.75) is 13.3 Å². The van der Waals surface area contributed by atoms with Gasteiger partial charge in [-0.05, 0) is 63.1 Å². The first-order chi connectivity index (χ1) is 6.94. The average molecular weight is 404 g/mol. The van der Waals surface area contributed by atoms with Gasteiger partial charge >= 0.3 is 0 Å². The molecule has 84 valence electrons. The summed E-state index contributed by atoms with van der Waals surface area (Å²) in [4.78, 5) is 0. The quantitative estimate of drug-likeness (QED) is 0.784. The van der Waals surface area contributed by atoms with E-state index in [0.717, 1.165) is 8.04 Å². The Morgan fingerprint density at radius 2 is 2.13 bits per heavy atom. The number of sulfonamides is 1. The van der Waals surface area contributed by atoms with Gasteiger partial charge in [-0.15, -0.1) is 0 Å². The third kappa shape index (κ3) is 4.28. The Morgan fingerprint density at radius 3 is 2.67 bits per heavy atom. The lowest BCUT2D eigenvalue weighted by Crippen LogP contribution is -2.16. The summed E-state index contributed by atoms with van der Waals surface area (Å²) in [6.07, 6.45) is 0.612. The van der Waals surface area contributed by atoms with E-state index in [4.69, 9.17) is 0 Å². The molecule has 0 aliphatic carbocycles. The smallest absolute Gasteiger partial charge is 0.232 e. The molecule has 1 rings (SSSR count).